The van der Waals surface area contributed by atoms with Crippen molar-refractivity contribution in [3.8, 4) is 0 Å². The normalized spacial score (nSPS) is 17.6. The van der Waals surface area contributed by atoms with Gasteiger partial charge in [0.2, 0.25) is 15.9 Å². The number of pyridine rings is 1. The summed E-state index contributed by atoms with van der Waals surface area (Å²) >= 11 is 0. The van der Waals surface area contributed by atoms with Crippen molar-refractivity contribution in [3.63, 3.8) is 0 Å². The Morgan fingerprint density at radius 2 is 2.11 bits per heavy atom. The molecule has 1 aromatic rings. The molecule has 0 unspecified atom stereocenters. The Balaban J connectivity index is 2.29. The molecular formula is C11H16N4O3S. The molecule has 0 atom stereocenters. The summed E-state index contributed by atoms with van der Waals surface area (Å²) in [5, 5.41) is 2.79. The van der Waals surface area contributed by atoms with Crippen molar-refractivity contribution in [3.05, 3.63) is 18.3 Å². The highest BCUT2D eigenvalue weighted by atomic mass is 32.2. The number of carbonyl (C=O) groups excluding carboxylic acids is 1. The van der Waals surface area contributed by atoms with Crippen LogP contribution in [0, 0.1) is 0 Å². The molecule has 0 aliphatic carbocycles. The highest BCUT2D eigenvalue weighted by molar-refractivity contribution is 7.89. The summed E-state index contributed by atoms with van der Waals surface area (Å²) in [5.74, 6) is 0.277. The molecule has 0 spiro atoms. The van der Waals surface area contributed by atoms with Crippen LogP contribution < -0.4 is 5.32 Å². The third kappa shape index (κ3) is 2.69. The largest absolute Gasteiger partial charge is 0.373 e. The lowest BCUT2D eigenvalue weighted by atomic mass is 10.4. The Morgan fingerprint density at radius 1 is 1.37 bits per heavy atom. The zero-order chi connectivity index (χ0) is 14.0. The summed E-state index contributed by atoms with van der Waals surface area (Å²) in [6, 6.07) is 2.89. The smallest absolute Gasteiger partial charge is 0.243 e. The van der Waals surface area contributed by atoms with Gasteiger partial charge in [-0.1, -0.05) is 0 Å². The van der Waals surface area contributed by atoms with E-state index in [2.05, 4.69) is 10.3 Å². The molecule has 1 amide bonds. The van der Waals surface area contributed by atoms with Gasteiger partial charge in [0.15, 0.2) is 0 Å². The van der Waals surface area contributed by atoms with Crippen LogP contribution in [0.4, 0.5) is 5.82 Å². The van der Waals surface area contributed by atoms with Crippen molar-refractivity contribution in [2.24, 2.45) is 0 Å². The SMILES string of the molecule is CNc1cc(S(=O)(=O)N2CCN(C)C(=O)C2)ccn1. The number of sulfonamides is 1. The number of hydrogen-bond donors (Lipinski definition) is 1. The average Bonchev–Trinajstić information content (AvgIpc) is 2.41. The lowest BCUT2D eigenvalue weighted by Crippen LogP contribution is -2.50. The molecule has 19 heavy (non-hydrogen) atoms. The molecule has 0 radical (unpaired) electrons. The van der Waals surface area contributed by atoms with Gasteiger partial charge in [0.05, 0.1) is 11.4 Å². The molecule has 1 aliphatic heterocycles. The van der Waals surface area contributed by atoms with Crippen LogP contribution in [0.15, 0.2) is 23.2 Å². The summed E-state index contributed by atoms with van der Waals surface area (Å²) in [5.41, 5.74) is 0. The van der Waals surface area contributed by atoms with Crippen LogP contribution in [0.2, 0.25) is 0 Å². The maximum Gasteiger partial charge on any atom is 0.243 e. The minimum absolute atomic E-state index is 0.115. The van der Waals surface area contributed by atoms with E-state index in [1.54, 1.807) is 14.1 Å². The van der Waals surface area contributed by atoms with Gasteiger partial charge >= 0.3 is 0 Å². The Hall–Kier alpha value is -1.67. The third-order valence-electron chi connectivity index (χ3n) is 3.05. The van der Waals surface area contributed by atoms with E-state index in [1.165, 1.54) is 27.5 Å². The number of piperazine rings is 1. The van der Waals surface area contributed by atoms with E-state index in [9.17, 15) is 13.2 Å². The summed E-state index contributed by atoms with van der Waals surface area (Å²) < 4.78 is 26.0. The number of anilines is 1. The first-order valence-electron chi connectivity index (χ1n) is 5.83. The fourth-order valence-corrected chi connectivity index (χ4v) is 3.19. The summed E-state index contributed by atoms with van der Waals surface area (Å²) in [7, 11) is -0.316. The zero-order valence-corrected chi connectivity index (χ0v) is 11.6. The van der Waals surface area contributed by atoms with Gasteiger partial charge in [-0.2, -0.15) is 4.31 Å². The number of carbonyl (C=O) groups is 1. The van der Waals surface area contributed by atoms with Crippen molar-refractivity contribution in [2.75, 3.05) is 39.0 Å². The second-order valence-corrected chi connectivity index (χ2v) is 6.22. The summed E-state index contributed by atoms with van der Waals surface area (Å²) in [6.07, 6.45) is 1.43. The van der Waals surface area contributed by atoms with Crippen molar-refractivity contribution >= 4 is 21.7 Å². The maximum atomic E-state index is 12.4. The Labute approximate surface area is 112 Å². The Morgan fingerprint density at radius 3 is 2.74 bits per heavy atom. The van der Waals surface area contributed by atoms with E-state index in [-0.39, 0.29) is 17.3 Å². The van der Waals surface area contributed by atoms with Gasteiger partial charge in [-0.25, -0.2) is 13.4 Å². The highest BCUT2D eigenvalue weighted by Crippen LogP contribution is 2.19. The molecule has 0 bridgehead atoms. The molecule has 1 fully saturated rings. The van der Waals surface area contributed by atoms with E-state index >= 15 is 0 Å². The molecule has 1 saturated heterocycles. The van der Waals surface area contributed by atoms with Crippen LogP contribution in [-0.2, 0) is 14.8 Å². The van der Waals surface area contributed by atoms with Gasteiger partial charge < -0.3 is 10.2 Å². The van der Waals surface area contributed by atoms with Crippen molar-refractivity contribution in [2.45, 2.75) is 4.90 Å². The van der Waals surface area contributed by atoms with E-state index < -0.39 is 10.0 Å². The molecule has 2 rings (SSSR count). The quantitative estimate of drug-likeness (QED) is 0.815. The number of likely N-dealkylation sites (N-methyl/N-ethyl adjacent to an activating group) is 1. The maximum absolute atomic E-state index is 12.4. The second-order valence-electron chi connectivity index (χ2n) is 4.28. The van der Waals surface area contributed by atoms with Crippen LogP contribution in [0.25, 0.3) is 0 Å². The molecule has 0 aromatic carbocycles. The number of aromatic nitrogens is 1. The third-order valence-corrected chi connectivity index (χ3v) is 4.89. The van der Waals surface area contributed by atoms with E-state index in [1.807, 2.05) is 0 Å². The fraction of sp³-hybridized carbons (Fsp3) is 0.455. The van der Waals surface area contributed by atoms with Crippen LogP contribution >= 0.6 is 0 Å². The number of amides is 1. The highest BCUT2D eigenvalue weighted by Gasteiger charge is 2.31. The minimum Gasteiger partial charge on any atom is -0.373 e. The second kappa shape index (κ2) is 5.14. The molecular weight excluding hydrogens is 268 g/mol. The first kappa shape index (κ1) is 13.8. The molecule has 1 aromatic heterocycles. The number of rotatable bonds is 3. The Kier molecular flexibility index (Phi) is 3.72. The van der Waals surface area contributed by atoms with E-state index in [0.717, 1.165) is 0 Å². The molecule has 104 valence electrons. The fourth-order valence-electron chi connectivity index (χ4n) is 1.80. The number of hydrogen-bond acceptors (Lipinski definition) is 5. The summed E-state index contributed by atoms with van der Waals surface area (Å²) in [6.45, 7) is 0.597. The minimum atomic E-state index is -3.65. The Bertz CT molecular complexity index is 587. The van der Waals surface area contributed by atoms with Crippen molar-refractivity contribution < 1.29 is 13.2 Å². The lowest BCUT2D eigenvalue weighted by Gasteiger charge is -2.31. The predicted octanol–water partition coefficient (Wildman–Crippen LogP) is -0.414. The van der Waals surface area contributed by atoms with Gasteiger partial charge in [0.1, 0.15) is 5.82 Å². The average molecular weight is 284 g/mol. The predicted molar refractivity (Wildman–Crippen MR) is 70.2 cm³/mol. The van der Waals surface area contributed by atoms with Crippen LogP contribution in [0.5, 0.6) is 0 Å². The van der Waals surface area contributed by atoms with Gasteiger partial charge in [0, 0.05) is 39.4 Å². The number of nitrogens with one attached hydrogen (secondary N) is 1. The standard InChI is InChI=1S/C11H16N4O3S/c1-12-10-7-9(3-4-13-10)19(17,18)15-6-5-14(2)11(16)8-15/h3-4,7H,5-6,8H2,1-2H3,(H,12,13). The summed E-state index contributed by atoms with van der Waals surface area (Å²) in [4.78, 5) is 17.2. The molecule has 1 N–H and O–H groups in total. The monoisotopic (exact) mass is 284 g/mol. The lowest BCUT2D eigenvalue weighted by molar-refractivity contribution is -0.132. The molecule has 0 saturated carbocycles. The first-order chi connectivity index (χ1) is 8.95. The topological polar surface area (TPSA) is 82.6 Å². The number of nitrogens with zero attached hydrogens (tertiary/aromatic N) is 3. The van der Waals surface area contributed by atoms with Crippen LogP contribution in [0.1, 0.15) is 0 Å². The van der Waals surface area contributed by atoms with Crippen molar-refractivity contribution in [1.29, 1.82) is 0 Å². The molecule has 8 heteroatoms. The van der Waals surface area contributed by atoms with Crippen LogP contribution in [0.3, 0.4) is 0 Å². The van der Waals surface area contributed by atoms with Crippen molar-refractivity contribution in [1.82, 2.24) is 14.2 Å². The van der Waals surface area contributed by atoms with E-state index in [0.29, 0.717) is 18.9 Å². The van der Waals surface area contributed by atoms with Gasteiger partial charge in [-0.05, 0) is 6.07 Å². The zero-order valence-electron chi connectivity index (χ0n) is 10.8. The van der Waals surface area contributed by atoms with Gasteiger partial charge in [0.25, 0.3) is 0 Å². The first-order valence-corrected chi connectivity index (χ1v) is 7.27. The molecule has 1 aliphatic rings. The molecule has 7 nitrogen and oxygen atoms in total. The van der Waals surface area contributed by atoms with Gasteiger partial charge in [-0.15, -0.1) is 0 Å². The van der Waals surface area contributed by atoms with Crippen LogP contribution in [-0.4, -0.2) is 62.2 Å². The van der Waals surface area contributed by atoms with E-state index in [4.69, 9.17) is 0 Å². The van der Waals surface area contributed by atoms with Gasteiger partial charge in [-0.3, -0.25) is 4.79 Å². The molecule has 2 heterocycles.